The van der Waals surface area contributed by atoms with Crippen molar-refractivity contribution < 1.29 is 21.6 Å². The number of nitrogens with one attached hydrogen (secondary N) is 2. The van der Waals surface area contributed by atoms with Gasteiger partial charge in [-0.3, -0.25) is 9.52 Å². The van der Waals surface area contributed by atoms with Crippen molar-refractivity contribution in [1.29, 1.82) is 0 Å². The van der Waals surface area contributed by atoms with Crippen molar-refractivity contribution in [3.8, 4) is 0 Å². The number of rotatable bonds is 8. The van der Waals surface area contributed by atoms with E-state index in [2.05, 4.69) is 10.0 Å². The van der Waals surface area contributed by atoms with E-state index >= 15 is 0 Å². The molecule has 7 nitrogen and oxygen atoms in total. The van der Waals surface area contributed by atoms with Crippen LogP contribution in [0, 0.1) is 13.8 Å². The van der Waals surface area contributed by atoms with Gasteiger partial charge in [-0.1, -0.05) is 31.2 Å². The number of hydrogen-bond donors (Lipinski definition) is 2. The predicted molar refractivity (Wildman–Crippen MR) is 110 cm³/mol. The molecule has 0 atom stereocenters. The van der Waals surface area contributed by atoms with Crippen molar-refractivity contribution >= 4 is 31.5 Å². The highest BCUT2D eigenvalue weighted by atomic mass is 32.2. The van der Waals surface area contributed by atoms with E-state index in [1.807, 2.05) is 6.07 Å². The standard InChI is InChI=1S/C19H24N2O5S2/c1-4-27(23,24)12-11-20-19(22)16-7-5-6-8-17(16)21-28(25,26)18-13-14(2)9-10-15(18)3/h5-10,13,21H,4,11-12H2,1-3H3,(H,20,22). The third-order valence-electron chi connectivity index (χ3n) is 4.19. The number of anilines is 1. The maximum Gasteiger partial charge on any atom is 0.262 e. The fourth-order valence-corrected chi connectivity index (χ4v) is 4.64. The maximum absolute atomic E-state index is 12.8. The van der Waals surface area contributed by atoms with Crippen LogP contribution in [0.4, 0.5) is 5.69 Å². The molecule has 0 spiro atoms. The zero-order chi connectivity index (χ0) is 20.9. The second-order valence-corrected chi connectivity index (χ2v) is 10.5. The van der Waals surface area contributed by atoms with Crippen LogP contribution < -0.4 is 10.0 Å². The summed E-state index contributed by atoms with van der Waals surface area (Å²) < 4.78 is 51.2. The number of sulfonamides is 1. The van der Waals surface area contributed by atoms with E-state index < -0.39 is 25.8 Å². The molecule has 9 heteroatoms. The van der Waals surface area contributed by atoms with Gasteiger partial charge in [0.15, 0.2) is 9.84 Å². The largest absolute Gasteiger partial charge is 0.351 e. The maximum atomic E-state index is 12.8. The van der Waals surface area contributed by atoms with Gasteiger partial charge in [-0.2, -0.15) is 0 Å². The minimum Gasteiger partial charge on any atom is -0.351 e. The Balaban J connectivity index is 2.24. The lowest BCUT2D eigenvalue weighted by molar-refractivity contribution is 0.0957. The van der Waals surface area contributed by atoms with Gasteiger partial charge in [0, 0.05) is 12.3 Å². The SMILES string of the molecule is CCS(=O)(=O)CCNC(=O)c1ccccc1NS(=O)(=O)c1cc(C)ccc1C. The van der Waals surface area contributed by atoms with E-state index in [0.717, 1.165) is 5.56 Å². The average Bonchev–Trinajstić information content (AvgIpc) is 2.63. The minimum atomic E-state index is -3.90. The molecule has 0 saturated carbocycles. The smallest absolute Gasteiger partial charge is 0.262 e. The van der Waals surface area contributed by atoms with Gasteiger partial charge in [0.1, 0.15) is 0 Å². The Hall–Kier alpha value is -2.39. The van der Waals surface area contributed by atoms with Crippen LogP contribution in [0.3, 0.4) is 0 Å². The fourth-order valence-electron chi connectivity index (χ4n) is 2.53. The number of aryl methyl sites for hydroxylation is 2. The molecule has 0 radical (unpaired) electrons. The Labute approximate surface area is 166 Å². The van der Waals surface area contributed by atoms with Crippen LogP contribution in [0.25, 0.3) is 0 Å². The molecule has 0 aromatic heterocycles. The molecule has 0 fully saturated rings. The van der Waals surface area contributed by atoms with Crippen LogP contribution in [0.5, 0.6) is 0 Å². The van der Waals surface area contributed by atoms with Gasteiger partial charge in [0.05, 0.1) is 21.9 Å². The fraction of sp³-hybridized carbons (Fsp3) is 0.316. The summed E-state index contributed by atoms with van der Waals surface area (Å²) in [5, 5.41) is 2.52. The Kier molecular flexibility index (Phi) is 6.84. The molecule has 0 aliphatic heterocycles. The van der Waals surface area contributed by atoms with Gasteiger partial charge < -0.3 is 5.32 Å². The molecular formula is C19H24N2O5S2. The molecule has 2 rings (SSSR count). The van der Waals surface area contributed by atoms with Gasteiger partial charge in [-0.05, 0) is 43.2 Å². The highest BCUT2D eigenvalue weighted by Gasteiger charge is 2.20. The Morgan fingerprint density at radius 3 is 2.36 bits per heavy atom. The lowest BCUT2D eigenvalue weighted by atomic mass is 10.2. The van der Waals surface area contributed by atoms with E-state index in [4.69, 9.17) is 0 Å². The molecule has 2 aromatic rings. The van der Waals surface area contributed by atoms with Gasteiger partial charge in [-0.15, -0.1) is 0 Å². The van der Waals surface area contributed by atoms with Crippen LogP contribution in [-0.4, -0.2) is 40.8 Å². The molecule has 28 heavy (non-hydrogen) atoms. The summed E-state index contributed by atoms with van der Waals surface area (Å²) in [5.41, 5.74) is 1.63. The number of para-hydroxylation sites is 1. The highest BCUT2D eigenvalue weighted by molar-refractivity contribution is 7.92. The summed E-state index contributed by atoms with van der Waals surface area (Å²) in [7, 11) is -7.10. The van der Waals surface area contributed by atoms with Crippen molar-refractivity contribution in [3.63, 3.8) is 0 Å². The lowest BCUT2D eigenvalue weighted by Gasteiger charge is -2.14. The molecule has 0 bridgehead atoms. The minimum absolute atomic E-state index is 0.00486. The van der Waals surface area contributed by atoms with Crippen LogP contribution in [0.1, 0.15) is 28.4 Å². The van der Waals surface area contributed by atoms with Crippen molar-refractivity contribution in [1.82, 2.24) is 5.32 Å². The van der Waals surface area contributed by atoms with E-state index in [1.54, 1.807) is 38.1 Å². The average molecular weight is 425 g/mol. The molecule has 152 valence electrons. The van der Waals surface area contributed by atoms with Gasteiger partial charge in [0.25, 0.3) is 15.9 Å². The summed E-state index contributed by atoms with van der Waals surface area (Å²) in [6, 6.07) is 11.3. The van der Waals surface area contributed by atoms with Crippen LogP contribution in [0.2, 0.25) is 0 Å². The Morgan fingerprint density at radius 2 is 1.68 bits per heavy atom. The van der Waals surface area contributed by atoms with E-state index in [-0.39, 0.29) is 34.2 Å². The highest BCUT2D eigenvalue weighted by Crippen LogP contribution is 2.23. The topological polar surface area (TPSA) is 109 Å². The number of carbonyl (C=O) groups excluding carboxylic acids is 1. The van der Waals surface area contributed by atoms with E-state index in [9.17, 15) is 21.6 Å². The third kappa shape index (κ3) is 5.56. The number of sulfone groups is 1. The van der Waals surface area contributed by atoms with Gasteiger partial charge in [0.2, 0.25) is 0 Å². The van der Waals surface area contributed by atoms with Crippen LogP contribution >= 0.6 is 0 Å². The van der Waals surface area contributed by atoms with E-state index in [1.165, 1.54) is 19.1 Å². The van der Waals surface area contributed by atoms with Crippen molar-refractivity contribution in [2.75, 3.05) is 22.8 Å². The van der Waals surface area contributed by atoms with Crippen LogP contribution in [0.15, 0.2) is 47.4 Å². The molecule has 2 N–H and O–H groups in total. The number of hydrogen-bond acceptors (Lipinski definition) is 5. The molecule has 1 amide bonds. The molecule has 0 aliphatic carbocycles. The molecule has 0 heterocycles. The second kappa shape index (κ2) is 8.74. The molecule has 2 aromatic carbocycles. The molecule has 0 unspecified atom stereocenters. The van der Waals surface area contributed by atoms with Crippen molar-refractivity contribution in [3.05, 3.63) is 59.2 Å². The summed E-state index contributed by atoms with van der Waals surface area (Å²) in [6.07, 6.45) is 0. The summed E-state index contributed by atoms with van der Waals surface area (Å²) >= 11 is 0. The molecular weight excluding hydrogens is 400 g/mol. The zero-order valence-corrected chi connectivity index (χ0v) is 17.7. The van der Waals surface area contributed by atoms with E-state index in [0.29, 0.717) is 5.56 Å². The predicted octanol–water partition coefficient (Wildman–Crippen LogP) is 2.27. The first-order chi connectivity index (χ1) is 13.1. The zero-order valence-electron chi connectivity index (χ0n) is 16.0. The van der Waals surface area contributed by atoms with Crippen molar-refractivity contribution in [2.45, 2.75) is 25.7 Å². The third-order valence-corrected chi connectivity index (χ3v) is 7.40. The Morgan fingerprint density at radius 1 is 1.00 bits per heavy atom. The number of benzene rings is 2. The van der Waals surface area contributed by atoms with Gasteiger partial charge in [-0.25, -0.2) is 16.8 Å². The van der Waals surface area contributed by atoms with Crippen LogP contribution in [-0.2, 0) is 19.9 Å². The first-order valence-electron chi connectivity index (χ1n) is 8.73. The Bertz CT molecular complexity index is 1080. The first-order valence-corrected chi connectivity index (χ1v) is 12.0. The summed E-state index contributed by atoms with van der Waals surface area (Å²) in [6.45, 7) is 4.98. The second-order valence-electron chi connectivity index (χ2n) is 6.41. The first kappa shape index (κ1) is 21.9. The summed E-state index contributed by atoms with van der Waals surface area (Å²) in [4.78, 5) is 12.6. The monoisotopic (exact) mass is 424 g/mol. The number of amides is 1. The van der Waals surface area contributed by atoms with Gasteiger partial charge >= 0.3 is 0 Å². The lowest BCUT2D eigenvalue weighted by Crippen LogP contribution is -2.30. The number of carbonyl (C=O) groups is 1. The molecule has 0 aliphatic rings. The quantitative estimate of drug-likeness (QED) is 0.676. The molecule has 0 saturated heterocycles. The van der Waals surface area contributed by atoms with Crippen molar-refractivity contribution in [2.24, 2.45) is 0 Å². The summed E-state index contributed by atoms with van der Waals surface area (Å²) in [5.74, 6) is -0.730. The normalized spacial score (nSPS) is 11.8.